The van der Waals surface area contributed by atoms with Crippen LogP contribution in [0.3, 0.4) is 0 Å². The van der Waals surface area contributed by atoms with Crippen LogP contribution in [0.4, 0.5) is 5.69 Å². The van der Waals surface area contributed by atoms with Crippen molar-refractivity contribution in [3.05, 3.63) is 29.8 Å². The van der Waals surface area contributed by atoms with Crippen molar-refractivity contribution in [1.29, 1.82) is 0 Å². The van der Waals surface area contributed by atoms with Crippen molar-refractivity contribution in [2.45, 2.75) is 86.5 Å². The number of carbonyl (C=O) groups excluding carboxylic acids is 5. The zero-order valence-corrected chi connectivity index (χ0v) is 23.8. The van der Waals surface area contributed by atoms with Crippen LogP contribution in [0.25, 0.3) is 0 Å². The van der Waals surface area contributed by atoms with E-state index in [0.717, 1.165) is 11.8 Å². The lowest BCUT2D eigenvalue weighted by Gasteiger charge is -2.21. The van der Waals surface area contributed by atoms with Gasteiger partial charge in [-0.3, -0.25) is 19.2 Å². The molecule has 37 heavy (non-hydrogen) atoms. The van der Waals surface area contributed by atoms with E-state index < -0.39 is 35.8 Å². The molecule has 0 aromatic heterocycles. The fourth-order valence-corrected chi connectivity index (χ4v) is 2.59. The van der Waals surface area contributed by atoms with Crippen molar-refractivity contribution in [3.8, 4) is 0 Å². The molecule has 0 saturated carbocycles. The quantitative estimate of drug-likeness (QED) is 0.260. The first kappa shape index (κ1) is 38.2. The number of carbonyl (C=O) groups is 5. The number of hydrogen-bond acceptors (Lipinski definition) is 7. The highest BCUT2D eigenvalue weighted by molar-refractivity contribution is 6.00. The van der Waals surface area contributed by atoms with Gasteiger partial charge in [0, 0.05) is 12.8 Å². The van der Waals surface area contributed by atoms with Gasteiger partial charge in [0.15, 0.2) is 0 Å². The van der Waals surface area contributed by atoms with Crippen LogP contribution in [-0.2, 0) is 35.3 Å². The van der Waals surface area contributed by atoms with Gasteiger partial charge >= 0.3 is 0 Å². The number of ether oxygens (including phenoxy) is 1. The molecule has 4 amide bonds. The fraction of sp³-hybridized carbons (Fsp3) is 0.577. The predicted molar refractivity (Wildman–Crippen MR) is 147 cm³/mol. The molecule has 0 saturated heterocycles. The number of nitrogens with one attached hydrogen (secondary N) is 4. The van der Waals surface area contributed by atoms with E-state index in [4.69, 9.17) is 15.3 Å². The maximum absolute atomic E-state index is 12.6. The van der Waals surface area contributed by atoms with Gasteiger partial charge in [-0.05, 0) is 45.0 Å². The van der Waals surface area contributed by atoms with Crippen LogP contribution in [0.15, 0.2) is 24.3 Å². The maximum atomic E-state index is 12.6. The normalized spacial score (nSPS) is 11.7. The Labute approximate surface area is 221 Å². The van der Waals surface area contributed by atoms with Crippen LogP contribution >= 0.6 is 0 Å². The van der Waals surface area contributed by atoms with Crippen LogP contribution in [0, 0.1) is 0 Å². The van der Waals surface area contributed by atoms with Crippen LogP contribution in [0.5, 0.6) is 0 Å². The van der Waals surface area contributed by atoms with Gasteiger partial charge in [-0.1, -0.05) is 46.8 Å². The highest BCUT2D eigenvalue weighted by Gasteiger charge is 2.26. The summed E-state index contributed by atoms with van der Waals surface area (Å²) in [6, 6.07) is 4.36. The van der Waals surface area contributed by atoms with Gasteiger partial charge in [0.05, 0.1) is 19.1 Å². The number of anilines is 1. The van der Waals surface area contributed by atoms with Gasteiger partial charge in [-0.2, -0.15) is 0 Å². The van der Waals surface area contributed by atoms with Gasteiger partial charge in [-0.25, -0.2) is 0 Å². The summed E-state index contributed by atoms with van der Waals surface area (Å²) in [5.41, 5.74) is 6.64. The molecule has 0 radical (unpaired) electrons. The number of primary amides is 1. The van der Waals surface area contributed by atoms with Gasteiger partial charge < -0.3 is 36.5 Å². The topological polar surface area (TPSA) is 169 Å². The van der Waals surface area contributed by atoms with Gasteiger partial charge in [0.25, 0.3) is 0 Å². The van der Waals surface area contributed by atoms with Crippen LogP contribution < -0.4 is 27.0 Å². The number of rotatable bonds is 12. The molecule has 0 aliphatic heterocycles. The van der Waals surface area contributed by atoms with Gasteiger partial charge in [0.2, 0.25) is 23.6 Å². The van der Waals surface area contributed by atoms with Crippen molar-refractivity contribution in [2.75, 3.05) is 19.0 Å². The largest absolute Gasteiger partial charge is 0.380 e. The Kier molecular flexibility index (Phi) is 25.2. The Morgan fingerprint density at radius 2 is 1.41 bits per heavy atom. The Morgan fingerprint density at radius 3 is 1.84 bits per heavy atom. The molecule has 212 valence electrons. The van der Waals surface area contributed by atoms with Crippen LogP contribution in [0.2, 0.25) is 0 Å². The molecule has 0 fully saturated rings. The maximum Gasteiger partial charge on any atom is 0.247 e. The van der Waals surface area contributed by atoms with E-state index in [1.807, 2.05) is 34.6 Å². The fourth-order valence-electron chi connectivity index (χ4n) is 2.59. The molecule has 0 spiro atoms. The summed E-state index contributed by atoms with van der Waals surface area (Å²) in [7, 11) is 1.58. The van der Waals surface area contributed by atoms with Crippen molar-refractivity contribution in [3.63, 3.8) is 0 Å². The molecular weight excluding hydrogens is 478 g/mol. The minimum absolute atomic E-state index is 0.355. The van der Waals surface area contributed by atoms with Crippen molar-refractivity contribution in [2.24, 2.45) is 5.73 Å². The van der Waals surface area contributed by atoms with E-state index in [1.165, 1.54) is 13.8 Å². The lowest BCUT2D eigenvalue weighted by Crippen LogP contribution is -2.54. The van der Waals surface area contributed by atoms with E-state index in [2.05, 4.69) is 21.3 Å². The molecule has 3 atom stereocenters. The number of hydrogen-bond donors (Lipinski definition) is 5. The first-order valence-electron chi connectivity index (χ1n) is 12.5. The highest BCUT2D eigenvalue weighted by Crippen LogP contribution is 2.11. The van der Waals surface area contributed by atoms with Gasteiger partial charge in [-0.15, -0.1) is 0 Å². The number of amides is 4. The molecule has 1 aromatic carbocycles. The van der Waals surface area contributed by atoms with E-state index in [0.29, 0.717) is 18.8 Å². The van der Waals surface area contributed by atoms with Crippen LogP contribution in [-0.4, -0.2) is 61.7 Å². The smallest absolute Gasteiger partial charge is 0.247 e. The monoisotopic (exact) mass is 525 g/mol. The lowest BCUT2D eigenvalue weighted by atomic mass is 10.1. The first-order chi connectivity index (χ1) is 17.6. The predicted octanol–water partition coefficient (Wildman–Crippen LogP) is 1.89. The minimum atomic E-state index is -1.18. The summed E-state index contributed by atoms with van der Waals surface area (Å²) >= 11 is 0. The third-order valence-corrected chi connectivity index (χ3v) is 4.23. The third kappa shape index (κ3) is 18.6. The number of nitrogens with two attached hydrogens (primary N) is 1. The molecule has 0 heterocycles. The Bertz CT molecular complexity index is 786. The Morgan fingerprint density at radius 1 is 0.919 bits per heavy atom. The zero-order valence-electron chi connectivity index (χ0n) is 23.8. The number of likely N-dealkylation sites (N-methyl/N-ethyl adjacent to an activating group) is 1. The molecular formula is C26H47N5O6. The summed E-state index contributed by atoms with van der Waals surface area (Å²) in [5, 5.41) is 10.6. The van der Waals surface area contributed by atoms with Crippen molar-refractivity contribution < 1.29 is 28.7 Å². The van der Waals surface area contributed by atoms with E-state index >= 15 is 0 Å². The molecule has 11 nitrogen and oxygen atoms in total. The standard InChI is InChI=1S/C20H31N5O5.C2H4O.2C2H6/c1-5-22-12(2)18(27)23-13(3)19(28)25-16(10-17(21)26)20(29)24-15-8-6-14(7-9-15)11-30-4;1-2-3;2*1-2/h6-9,12-13,16,22H,5,10-11H2,1-4H3,(H2,21,26)(H,23,27)(H,24,29)(H,25,28);2H,1H3;2*1-2H3/t12?,13-,16?;;;/m0.../s1. The molecule has 2 unspecified atom stereocenters. The minimum Gasteiger partial charge on any atom is -0.380 e. The zero-order chi connectivity index (χ0) is 29.4. The summed E-state index contributed by atoms with van der Waals surface area (Å²) in [5.74, 6) is -2.31. The molecule has 6 N–H and O–H groups in total. The second kappa shape index (κ2) is 24.4. The second-order valence-corrected chi connectivity index (χ2v) is 7.10. The molecule has 1 aromatic rings. The third-order valence-electron chi connectivity index (χ3n) is 4.23. The van der Waals surface area contributed by atoms with E-state index in [1.54, 1.807) is 38.3 Å². The van der Waals surface area contributed by atoms with Crippen LogP contribution in [0.1, 0.15) is 67.4 Å². The molecule has 0 aliphatic carbocycles. The molecule has 0 bridgehead atoms. The molecule has 11 heteroatoms. The van der Waals surface area contributed by atoms with E-state index in [-0.39, 0.29) is 12.3 Å². The highest BCUT2D eigenvalue weighted by atomic mass is 16.5. The second-order valence-electron chi connectivity index (χ2n) is 7.10. The van der Waals surface area contributed by atoms with Crippen molar-refractivity contribution >= 4 is 35.6 Å². The molecule has 0 aliphatic rings. The lowest BCUT2D eigenvalue weighted by molar-refractivity contribution is -0.132. The van der Waals surface area contributed by atoms with Gasteiger partial charge in [0.1, 0.15) is 18.4 Å². The Hall–Kier alpha value is -3.31. The number of benzene rings is 1. The average Bonchev–Trinajstić information content (AvgIpc) is 2.87. The SMILES string of the molecule is CC.CC.CC=O.CCNC(C)C(=O)N[C@@H](C)C(=O)NC(CC(N)=O)C(=O)Nc1ccc(COC)cc1. The van der Waals surface area contributed by atoms with E-state index in [9.17, 15) is 19.2 Å². The summed E-state index contributed by atoms with van der Waals surface area (Å²) in [6.07, 6.45) is 0.369. The Balaban J connectivity index is -0.00000150. The van der Waals surface area contributed by atoms with Crippen molar-refractivity contribution in [1.82, 2.24) is 16.0 Å². The summed E-state index contributed by atoms with van der Waals surface area (Å²) < 4.78 is 5.03. The summed E-state index contributed by atoms with van der Waals surface area (Å²) in [6.45, 7) is 15.5. The summed E-state index contributed by atoms with van der Waals surface area (Å²) in [4.78, 5) is 57.2. The number of aldehydes is 1. The molecule has 1 rings (SSSR count). The number of methoxy groups -OCH3 is 1. The first-order valence-corrected chi connectivity index (χ1v) is 12.5. The average molecular weight is 526 g/mol.